The van der Waals surface area contributed by atoms with Crippen LogP contribution in [0.3, 0.4) is 0 Å². The van der Waals surface area contributed by atoms with E-state index in [9.17, 15) is 14.7 Å². The average Bonchev–Trinajstić information content (AvgIpc) is 2.79. The van der Waals surface area contributed by atoms with Crippen molar-refractivity contribution in [3.63, 3.8) is 0 Å². The molecule has 1 heterocycles. The summed E-state index contributed by atoms with van der Waals surface area (Å²) in [5.74, 6) is 0.0123. The standard InChI is InChI=1S/C17H29NO3/c1-11-9-10-18(14(11)16(20)21)15(19)12-5-7-13(8-6-12)17(2,3)4/h11-14H,5-10H2,1-4H3,(H,20,21). The first kappa shape index (κ1) is 16.3. The lowest BCUT2D eigenvalue weighted by atomic mass is 9.69. The molecule has 0 aromatic rings. The van der Waals surface area contributed by atoms with Crippen molar-refractivity contribution in [1.29, 1.82) is 0 Å². The zero-order chi connectivity index (χ0) is 15.8. The molecule has 0 radical (unpaired) electrons. The fourth-order valence-electron chi connectivity index (χ4n) is 4.01. The van der Waals surface area contributed by atoms with Gasteiger partial charge < -0.3 is 10.0 Å². The van der Waals surface area contributed by atoms with Crippen LogP contribution >= 0.6 is 0 Å². The SMILES string of the molecule is CC1CCN(C(=O)C2CCC(C(C)(C)C)CC2)C1C(=O)O. The summed E-state index contributed by atoms with van der Waals surface area (Å²) in [6.07, 6.45) is 4.80. The Bertz CT molecular complexity index is 405. The van der Waals surface area contributed by atoms with Gasteiger partial charge in [-0.15, -0.1) is 0 Å². The minimum atomic E-state index is -0.850. The van der Waals surface area contributed by atoms with E-state index in [1.807, 2.05) is 6.92 Å². The van der Waals surface area contributed by atoms with E-state index in [0.29, 0.717) is 17.9 Å². The van der Waals surface area contributed by atoms with E-state index < -0.39 is 12.0 Å². The largest absolute Gasteiger partial charge is 0.480 e. The van der Waals surface area contributed by atoms with Crippen LogP contribution in [0, 0.1) is 23.2 Å². The molecule has 1 amide bonds. The second-order valence-electron chi connectivity index (χ2n) is 8.00. The minimum absolute atomic E-state index is 0.0377. The molecule has 4 nitrogen and oxygen atoms in total. The summed E-state index contributed by atoms with van der Waals surface area (Å²) < 4.78 is 0. The Kier molecular flexibility index (Phi) is 4.64. The zero-order valence-electron chi connectivity index (χ0n) is 13.8. The van der Waals surface area contributed by atoms with Crippen LogP contribution in [0.5, 0.6) is 0 Å². The molecule has 2 fully saturated rings. The first-order valence-electron chi connectivity index (χ1n) is 8.25. The third-order valence-corrected chi connectivity index (χ3v) is 5.54. The molecular formula is C17H29NO3. The molecule has 120 valence electrons. The Morgan fingerprint density at radius 2 is 1.62 bits per heavy atom. The Morgan fingerprint density at radius 3 is 2.10 bits per heavy atom. The van der Waals surface area contributed by atoms with Crippen molar-refractivity contribution >= 4 is 11.9 Å². The molecule has 2 rings (SSSR count). The van der Waals surface area contributed by atoms with Gasteiger partial charge in [-0.2, -0.15) is 0 Å². The van der Waals surface area contributed by atoms with Crippen LogP contribution in [0.4, 0.5) is 0 Å². The van der Waals surface area contributed by atoms with Gasteiger partial charge in [0.1, 0.15) is 6.04 Å². The highest BCUT2D eigenvalue weighted by Crippen LogP contribution is 2.41. The maximum Gasteiger partial charge on any atom is 0.326 e. The predicted octanol–water partition coefficient (Wildman–Crippen LogP) is 3.16. The number of hydrogen-bond acceptors (Lipinski definition) is 2. The number of hydrogen-bond donors (Lipinski definition) is 1. The van der Waals surface area contributed by atoms with Gasteiger partial charge in [-0.3, -0.25) is 4.79 Å². The van der Waals surface area contributed by atoms with Crippen LogP contribution in [0.1, 0.15) is 59.8 Å². The van der Waals surface area contributed by atoms with Gasteiger partial charge in [0.15, 0.2) is 0 Å². The molecule has 0 bridgehead atoms. The van der Waals surface area contributed by atoms with Crippen molar-refractivity contribution in [2.75, 3.05) is 6.54 Å². The topological polar surface area (TPSA) is 57.6 Å². The normalized spacial score (nSPS) is 34.0. The van der Waals surface area contributed by atoms with E-state index in [2.05, 4.69) is 20.8 Å². The molecule has 1 N–H and O–H groups in total. The molecule has 1 saturated carbocycles. The number of aliphatic carboxylic acids is 1. The molecule has 2 unspecified atom stereocenters. The molecule has 0 spiro atoms. The van der Waals surface area contributed by atoms with Crippen LogP contribution in [0.2, 0.25) is 0 Å². The number of carboxylic acids is 1. The van der Waals surface area contributed by atoms with Crippen LogP contribution in [-0.4, -0.2) is 34.5 Å². The summed E-state index contributed by atoms with van der Waals surface area (Å²) in [5.41, 5.74) is 0.305. The molecule has 1 saturated heterocycles. The first-order valence-corrected chi connectivity index (χ1v) is 8.25. The third kappa shape index (κ3) is 3.41. The van der Waals surface area contributed by atoms with Gasteiger partial charge >= 0.3 is 5.97 Å². The summed E-state index contributed by atoms with van der Waals surface area (Å²) in [6.45, 7) is 9.34. The monoisotopic (exact) mass is 295 g/mol. The molecule has 2 atom stereocenters. The molecule has 1 aliphatic carbocycles. The van der Waals surface area contributed by atoms with Gasteiger partial charge in [0, 0.05) is 12.5 Å². The van der Waals surface area contributed by atoms with Gasteiger partial charge in [-0.05, 0) is 49.4 Å². The average molecular weight is 295 g/mol. The van der Waals surface area contributed by atoms with Gasteiger partial charge in [0.2, 0.25) is 5.91 Å². The predicted molar refractivity (Wildman–Crippen MR) is 81.8 cm³/mol. The van der Waals surface area contributed by atoms with Gasteiger partial charge in [-0.1, -0.05) is 27.7 Å². The van der Waals surface area contributed by atoms with E-state index in [4.69, 9.17) is 0 Å². The van der Waals surface area contributed by atoms with Crippen LogP contribution < -0.4 is 0 Å². The highest BCUT2D eigenvalue weighted by atomic mass is 16.4. The van der Waals surface area contributed by atoms with E-state index >= 15 is 0 Å². The van der Waals surface area contributed by atoms with Gasteiger partial charge in [0.25, 0.3) is 0 Å². The van der Waals surface area contributed by atoms with Gasteiger partial charge in [0.05, 0.1) is 0 Å². The Labute approximate surface area is 127 Å². The highest BCUT2D eigenvalue weighted by molar-refractivity contribution is 5.86. The summed E-state index contributed by atoms with van der Waals surface area (Å²) in [5, 5.41) is 9.36. The second kappa shape index (κ2) is 5.98. The van der Waals surface area contributed by atoms with Gasteiger partial charge in [-0.25, -0.2) is 4.79 Å². The number of carbonyl (C=O) groups excluding carboxylic acids is 1. The van der Waals surface area contributed by atoms with Crippen molar-refractivity contribution in [2.45, 2.75) is 65.8 Å². The van der Waals surface area contributed by atoms with E-state index in [0.717, 1.165) is 32.1 Å². The quantitative estimate of drug-likeness (QED) is 0.851. The number of nitrogens with zero attached hydrogens (tertiary/aromatic N) is 1. The molecule has 1 aliphatic heterocycles. The molecule has 4 heteroatoms. The Morgan fingerprint density at radius 1 is 1.05 bits per heavy atom. The Balaban J connectivity index is 1.97. The number of carboxylic acid groups (broad SMARTS) is 1. The van der Waals surface area contributed by atoms with Crippen molar-refractivity contribution < 1.29 is 14.7 Å². The maximum atomic E-state index is 12.7. The third-order valence-electron chi connectivity index (χ3n) is 5.54. The second-order valence-corrected chi connectivity index (χ2v) is 8.00. The van der Waals surface area contributed by atoms with Crippen LogP contribution in [-0.2, 0) is 9.59 Å². The lowest BCUT2D eigenvalue weighted by molar-refractivity contribution is -0.151. The lowest BCUT2D eigenvalue weighted by Crippen LogP contribution is -2.46. The number of likely N-dealkylation sites (tertiary alicyclic amines) is 1. The minimum Gasteiger partial charge on any atom is -0.480 e. The van der Waals surface area contributed by atoms with Crippen LogP contribution in [0.15, 0.2) is 0 Å². The zero-order valence-corrected chi connectivity index (χ0v) is 13.8. The summed E-state index contributed by atoms with van der Waals surface area (Å²) in [4.78, 5) is 25.7. The van der Waals surface area contributed by atoms with Crippen LogP contribution in [0.25, 0.3) is 0 Å². The molecule has 21 heavy (non-hydrogen) atoms. The lowest BCUT2D eigenvalue weighted by Gasteiger charge is -2.38. The Hall–Kier alpha value is -1.06. The number of rotatable bonds is 2. The van der Waals surface area contributed by atoms with E-state index in [1.165, 1.54) is 0 Å². The molecule has 0 aromatic heterocycles. The number of carbonyl (C=O) groups is 2. The van der Waals surface area contributed by atoms with Crippen molar-refractivity contribution in [3.05, 3.63) is 0 Å². The molecule has 0 aromatic carbocycles. The fraction of sp³-hybridized carbons (Fsp3) is 0.882. The summed E-state index contributed by atoms with van der Waals surface area (Å²) in [6, 6.07) is -0.613. The summed E-state index contributed by atoms with van der Waals surface area (Å²) >= 11 is 0. The van der Waals surface area contributed by atoms with E-state index in [-0.39, 0.29) is 17.7 Å². The first-order chi connectivity index (χ1) is 9.71. The van der Waals surface area contributed by atoms with Crippen molar-refractivity contribution in [1.82, 2.24) is 4.90 Å². The highest BCUT2D eigenvalue weighted by Gasteiger charge is 2.42. The summed E-state index contributed by atoms with van der Waals surface area (Å²) in [7, 11) is 0. The van der Waals surface area contributed by atoms with Crippen molar-refractivity contribution in [3.8, 4) is 0 Å². The van der Waals surface area contributed by atoms with Crippen molar-refractivity contribution in [2.24, 2.45) is 23.2 Å². The van der Waals surface area contributed by atoms with E-state index in [1.54, 1.807) is 4.90 Å². The fourth-order valence-corrected chi connectivity index (χ4v) is 4.01. The molecular weight excluding hydrogens is 266 g/mol. The smallest absolute Gasteiger partial charge is 0.326 e. The molecule has 2 aliphatic rings. The number of amides is 1. The maximum absolute atomic E-state index is 12.7.